The van der Waals surface area contributed by atoms with Crippen molar-refractivity contribution in [2.45, 2.75) is 24.4 Å². The molecule has 0 aliphatic heterocycles. The SMILES string of the molecule is C[C@@H](NCc1c(Cl)cccc1S(C)(=O)=O)c1ccccn1. The Morgan fingerprint density at radius 1 is 1.24 bits per heavy atom. The Bertz CT molecular complexity index is 718. The molecule has 112 valence electrons. The lowest BCUT2D eigenvalue weighted by atomic mass is 10.1. The van der Waals surface area contributed by atoms with E-state index in [2.05, 4.69) is 10.3 Å². The van der Waals surface area contributed by atoms with Crippen molar-refractivity contribution in [3.05, 3.63) is 58.9 Å². The van der Waals surface area contributed by atoms with E-state index in [-0.39, 0.29) is 10.9 Å². The largest absolute Gasteiger partial charge is 0.305 e. The number of halogens is 1. The Morgan fingerprint density at radius 3 is 2.62 bits per heavy atom. The first-order valence-corrected chi connectivity index (χ1v) is 8.78. The van der Waals surface area contributed by atoms with Crippen molar-refractivity contribution in [1.29, 1.82) is 0 Å². The molecule has 0 aliphatic rings. The van der Waals surface area contributed by atoms with Crippen molar-refractivity contribution in [1.82, 2.24) is 10.3 Å². The first-order valence-electron chi connectivity index (χ1n) is 6.51. The summed E-state index contributed by atoms with van der Waals surface area (Å²) in [6.45, 7) is 2.33. The van der Waals surface area contributed by atoms with Crippen LogP contribution in [0.4, 0.5) is 0 Å². The van der Waals surface area contributed by atoms with Gasteiger partial charge < -0.3 is 5.32 Å². The van der Waals surface area contributed by atoms with Crippen molar-refractivity contribution in [2.75, 3.05) is 6.26 Å². The summed E-state index contributed by atoms with van der Waals surface area (Å²) >= 11 is 6.14. The zero-order valence-corrected chi connectivity index (χ0v) is 13.4. The van der Waals surface area contributed by atoms with Gasteiger partial charge in [-0.3, -0.25) is 4.98 Å². The highest BCUT2D eigenvalue weighted by Gasteiger charge is 2.16. The molecule has 0 amide bonds. The predicted molar refractivity (Wildman–Crippen MR) is 84.1 cm³/mol. The molecular formula is C15H17ClN2O2S. The summed E-state index contributed by atoms with van der Waals surface area (Å²) < 4.78 is 23.6. The van der Waals surface area contributed by atoms with E-state index in [9.17, 15) is 8.42 Å². The molecular weight excluding hydrogens is 308 g/mol. The highest BCUT2D eigenvalue weighted by atomic mass is 35.5. The van der Waals surface area contributed by atoms with E-state index >= 15 is 0 Å². The molecule has 1 atom stereocenters. The van der Waals surface area contributed by atoms with Crippen LogP contribution in [0.3, 0.4) is 0 Å². The lowest BCUT2D eigenvalue weighted by Gasteiger charge is -2.16. The molecule has 1 N–H and O–H groups in total. The second-order valence-electron chi connectivity index (χ2n) is 4.85. The summed E-state index contributed by atoms with van der Waals surface area (Å²) in [5, 5.41) is 3.70. The van der Waals surface area contributed by atoms with Crippen LogP contribution in [0.5, 0.6) is 0 Å². The van der Waals surface area contributed by atoms with Crippen LogP contribution in [0.1, 0.15) is 24.2 Å². The number of hydrogen-bond donors (Lipinski definition) is 1. The van der Waals surface area contributed by atoms with E-state index in [1.807, 2.05) is 25.1 Å². The number of pyridine rings is 1. The lowest BCUT2D eigenvalue weighted by Crippen LogP contribution is -2.20. The zero-order valence-electron chi connectivity index (χ0n) is 11.9. The summed E-state index contributed by atoms with van der Waals surface area (Å²) in [4.78, 5) is 4.53. The highest BCUT2D eigenvalue weighted by molar-refractivity contribution is 7.90. The molecule has 0 fully saturated rings. The van der Waals surface area contributed by atoms with Crippen LogP contribution in [0.2, 0.25) is 5.02 Å². The van der Waals surface area contributed by atoms with E-state index < -0.39 is 9.84 Å². The fourth-order valence-electron chi connectivity index (χ4n) is 2.05. The summed E-state index contributed by atoms with van der Waals surface area (Å²) in [6, 6.07) is 10.6. The minimum absolute atomic E-state index is 0.00474. The van der Waals surface area contributed by atoms with Gasteiger partial charge in [-0.2, -0.15) is 0 Å². The van der Waals surface area contributed by atoms with Crippen LogP contribution < -0.4 is 5.32 Å². The smallest absolute Gasteiger partial charge is 0.175 e. The molecule has 2 rings (SSSR count). The number of aromatic nitrogens is 1. The third-order valence-electron chi connectivity index (χ3n) is 3.19. The average Bonchev–Trinajstić information content (AvgIpc) is 2.45. The van der Waals surface area contributed by atoms with Crippen molar-refractivity contribution >= 4 is 21.4 Å². The molecule has 0 bridgehead atoms. The van der Waals surface area contributed by atoms with Crippen LogP contribution in [0, 0.1) is 0 Å². The van der Waals surface area contributed by atoms with Gasteiger partial charge in [-0.1, -0.05) is 23.7 Å². The maximum atomic E-state index is 11.8. The van der Waals surface area contributed by atoms with Gasteiger partial charge in [-0.05, 0) is 31.2 Å². The highest BCUT2D eigenvalue weighted by Crippen LogP contribution is 2.24. The number of nitrogens with zero attached hydrogens (tertiary/aromatic N) is 1. The minimum Gasteiger partial charge on any atom is -0.305 e. The Labute approximate surface area is 130 Å². The summed E-state index contributed by atoms with van der Waals surface area (Å²) in [7, 11) is -3.31. The third kappa shape index (κ3) is 4.03. The van der Waals surface area contributed by atoms with Crippen LogP contribution in [0.15, 0.2) is 47.5 Å². The second kappa shape index (κ2) is 6.56. The second-order valence-corrected chi connectivity index (χ2v) is 7.24. The quantitative estimate of drug-likeness (QED) is 0.918. The van der Waals surface area contributed by atoms with Crippen molar-refractivity contribution in [3.8, 4) is 0 Å². The summed E-state index contributed by atoms with van der Waals surface area (Å²) in [5.74, 6) is 0. The summed E-state index contributed by atoms with van der Waals surface area (Å²) in [5.41, 5.74) is 1.48. The number of nitrogens with one attached hydrogen (secondary N) is 1. The standard InChI is InChI=1S/C15H17ClN2O2S/c1-11(14-7-3-4-9-17-14)18-10-12-13(16)6-5-8-15(12)21(2,19)20/h3-9,11,18H,10H2,1-2H3/t11-/m1/s1. The Balaban J connectivity index is 2.21. The fraction of sp³-hybridized carbons (Fsp3) is 0.267. The molecule has 0 spiro atoms. The maximum Gasteiger partial charge on any atom is 0.175 e. The Hall–Kier alpha value is -1.43. The van der Waals surface area contributed by atoms with Gasteiger partial charge in [0.1, 0.15) is 0 Å². The lowest BCUT2D eigenvalue weighted by molar-refractivity contribution is 0.554. The average molecular weight is 325 g/mol. The molecule has 2 aromatic rings. The van der Waals surface area contributed by atoms with Gasteiger partial charge in [-0.15, -0.1) is 0 Å². The minimum atomic E-state index is -3.31. The van der Waals surface area contributed by atoms with Gasteiger partial charge in [-0.25, -0.2) is 8.42 Å². The molecule has 0 saturated carbocycles. The van der Waals surface area contributed by atoms with E-state index in [1.165, 1.54) is 6.26 Å². The van der Waals surface area contributed by atoms with Gasteiger partial charge in [0, 0.05) is 35.6 Å². The monoisotopic (exact) mass is 324 g/mol. The van der Waals surface area contributed by atoms with E-state index in [4.69, 9.17) is 11.6 Å². The molecule has 1 aromatic heterocycles. The normalized spacial score (nSPS) is 13.1. The van der Waals surface area contributed by atoms with Crippen LogP contribution >= 0.6 is 11.6 Å². The summed E-state index contributed by atoms with van der Waals surface area (Å²) in [6.07, 6.45) is 2.91. The zero-order chi connectivity index (χ0) is 15.5. The van der Waals surface area contributed by atoms with Crippen molar-refractivity contribution in [2.24, 2.45) is 0 Å². The van der Waals surface area contributed by atoms with Gasteiger partial charge >= 0.3 is 0 Å². The van der Waals surface area contributed by atoms with Gasteiger partial charge in [0.25, 0.3) is 0 Å². The molecule has 1 heterocycles. The van der Waals surface area contributed by atoms with Crippen LogP contribution in [0.25, 0.3) is 0 Å². The topological polar surface area (TPSA) is 59.1 Å². The van der Waals surface area contributed by atoms with Crippen molar-refractivity contribution < 1.29 is 8.42 Å². The Kier molecular flexibility index (Phi) is 4.98. The van der Waals surface area contributed by atoms with Gasteiger partial charge in [0.15, 0.2) is 9.84 Å². The molecule has 1 aromatic carbocycles. The number of hydrogen-bond acceptors (Lipinski definition) is 4. The first-order chi connectivity index (χ1) is 9.89. The molecule has 0 saturated heterocycles. The van der Waals surface area contributed by atoms with E-state index in [0.717, 1.165) is 5.69 Å². The molecule has 0 unspecified atom stereocenters. The predicted octanol–water partition coefficient (Wildman–Crippen LogP) is 2.99. The van der Waals surface area contributed by atoms with Crippen LogP contribution in [-0.2, 0) is 16.4 Å². The van der Waals surface area contributed by atoms with Crippen LogP contribution in [-0.4, -0.2) is 19.7 Å². The molecule has 0 aliphatic carbocycles. The van der Waals surface area contributed by atoms with E-state index in [0.29, 0.717) is 17.1 Å². The van der Waals surface area contributed by atoms with E-state index in [1.54, 1.807) is 24.4 Å². The number of rotatable bonds is 5. The number of sulfone groups is 1. The number of benzene rings is 1. The first kappa shape index (κ1) is 15.9. The maximum absolute atomic E-state index is 11.8. The molecule has 6 heteroatoms. The molecule has 0 radical (unpaired) electrons. The third-order valence-corrected chi connectivity index (χ3v) is 4.73. The van der Waals surface area contributed by atoms with Gasteiger partial charge in [0.05, 0.1) is 10.6 Å². The van der Waals surface area contributed by atoms with Gasteiger partial charge in [0.2, 0.25) is 0 Å². The fourth-order valence-corrected chi connectivity index (χ4v) is 3.30. The molecule has 4 nitrogen and oxygen atoms in total. The molecule has 21 heavy (non-hydrogen) atoms. The van der Waals surface area contributed by atoms with Crippen molar-refractivity contribution in [3.63, 3.8) is 0 Å². The Morgan fingerprint density at radius 2 is 2.00 bits per heavy atom.